The number of nitrogens with zero attached hydrogens (tertiary/aromatic N) is 5. The number of aromatic nitrogens is 3. The fraction of sp³-hybridized carbons (Fsp3) is 0.379. The van der Waals surface area contributed by atoms with E-state index in [9.17, 15) is 22.8 Å². The number of alkyl halides is 3. The number of amides is 2. The zero-order chi connectivity index (χ0) is 29.5. The first-order chi connectivity index (χ1) is 19.4. The van der Waals surface area contributed by atoms with Crippen molar-refractivity contribution in [2.45, 2.75) is 33.0 Å². The summed E-state index contributed by atoms with van der Waals surface area (Å²) in [6.45, 7) is 7.18. The van der Waals surface area contributed by atoms with Crippen molar-refractivity contribution in [3.8, 4) is 0 Å². The van der Waals surface area contributed by atoms with Crippen molar-refractivity contribution in [3.05, 3.63) is 75.2 Å². The minimum atomic E-state index is -4.71. The van der Waals surface area contributed by atoms with Gasteiger partial charge in [0, 0.05) is 36.0 Å². The summed E-state index contributed by atoms with van der Waals surface area (Å²) in [5.41, 5.74) is 1.41. The van der Waals surface area contributed by atoms with Gasteiger partial charge in [-0.05, 0) is 57.2 Å². The Morgan fingerprint density at radius 3 is 2.51 bits per heavy atom. The first kappa shape index (κ1) is 29.0. The fourth-order valence-electron chi connectivity index (χ4n) is 5.14. The van der Waals surface area contributed by atoms with Crippen molar-refractivity contribution in [2.75, 3.05) is 38.5 Å². The van der Waals surface area contributed by atoms with Crippen LogP contribution in [0.4, 0.5) is 18.9 Å². The summed E-state index contributed by atoms with van der Waals surface area (Å²) in [6, 6.07) is 5.36. The minimum absolute atomic E-state index is 0.0674. The molecule has 3 heterocycles. The molecule has 3 aromatic rings. The van der Waals surface area contributed by atoms with E-state index >= 15 is 0 Å². The molecule has 2 aromatic heterocycles. The van der Waals surface area contributed by atoms with Crippen molar-refractivity contribution in [3.63, 3.8) is 0 Å². The highest BCUT2D eigenvalue weighted by Gasteiger charge is 2.34. The number of hydrogen-bond acceptors (Lipinski definition) is 5. The molecule has 1 aliphatic heterocycles. The lowest BCUT2D eigenvalue weighted by molar-refractivity contribution is -0.141. The van der Waals surface area contributed by atoms with Crippen LogP contribution in [-0.4, -0.2) is 69.6 Å². The van der Waals surface area contributed by atoms with Gasteiger partial charge in [0.15, 0.2) is 0 Å². The molecule has 2 aliphatic rings. The minimum Gasteiger partial charge on any atom is -0.340 e. The van der Waals surface area contributed by atoms with Crippen molar-refractivity contribution in [1.82, 2.24) is 24.6 Å². The first-order valence-electron chi connectivity index (χ1n) is 13.3. The molecule has 1 unspecified atom stereocenters. The summed E-state index contributed by atoms with van der Waals surface area (Å²) >= 11 is 3.32. The number of rotatable bonds is 5. The standard InChI is InChI=1S/C29H30BrF3N6O2/c1-17-26(35-27(40)23-15-25(29(31,32)33)34-24-9-8-21(30)14-22(23)24)18(2)39(36-17)16-19-4-6-20(7-5-19)28(41)38-12-10-37(3)11-13-38/h4-6,8-9,14-15,20H,7,10-13,16H2,1-3H3,(H,35,40). The van der Waals surface area contributed by atoms with E-state index in [1.807, 2.05) is 23.1 Å². The largest absolute Gasteiger partial charge is 0.433 e. The van der Waals surface area contributed by atoms with Gasteiger partial charge in [-0.1, -0.05) is 34.2 Å². The molecule has 12 heteroatoms. The van der Waals surface area contributed by atoms with Crippen LogP contribution < -0.4 is 5.32 Å². The second kappa shape index (κ2) is 11.4. The summed E-state index contributed by atoms with van der Waals surface area (Å²) in [6.07, 6.45) is 1.81. The topological polar surface area (TPSA) is 83.4 Å². The fourth-order valence-corrected chi connectivity index (χ4v) is 5.50. The van der Waals surface area contributed by atoms with E-state index in [-0.39, 0.29) is 22.9 Å². The molecule has 41 heavy (non-hydrogen) atoms. The molecule has 0 spiro atoms. The highest BCUT2D eigenvalue weighted by Crippen LogP contribution is 2.33. The highest BCUT2D eigenvalue weighted by atomic mass is 79.9. The average Bonchev–Trinajstić information content (AvgIpc) is 3.19. The van der Waals surface area contributed by atoms with Crippen LogP contribution in [0.1, 0.15) is 33.9 Å². The van der Waals surface area contributed by atoms with Crippen LogP contribution in [0, 0.1) is 19.8 Å². The van der Waals surface area contributed by atoms with E-state index < -0.39 is 17.8 Å². The van der Waals surface area contributed by atoms with E-state index in [2.05, 4.69) is 43.3 Å². The molecule has 0 bridgehead atoms. The maximum Gasteiger partial charge on any atom is 0.433 e. The summed E-state index contributed by atoms with van der Waals surface area (Å²) in [5, 5.41) is 7.64. The number of carbonyl (C=O) groups is 2. The summed E-state index contributed by atoms with van der Waals surface area (Å²) < 4.78 is 43.0. The zero-order valence-corrected chi connectivity index (χ0v) is 24.5. The monoisotopic (exact) mass is 630 g/mol. The maximum absolute atomic E-state index is 13.5. The van der Waals surface area contributed by atoms with Gasteiger partial charge in [0.2, 0.25) is 5.91 Å². The number of aryl methyl sites for hydroxylation is 1. The van der Waals surface area contributed by atoms with Gasteiger partial charge in [-0.2, -0.15) is 18.3 Å². The Bertz CT molecular complexity index is 1570. The Kier molecular flexibility index (Phi) is 8.06. The first-order valence-corrected chi connectivity index (χ1v) is 14.1. The zero-order valence-electron chi connectivity index (χ0n) is 22.9. The molecule has 0 saturated carbocycles. The number of allylic oxidation sites excluding steroid dienone is 3. The number of fused-ring (bicyclic) bond motifs is 1. The molecule has 5 rings (SSSR count). The smallest absolute Gasteiger partial charge is 0.340 e. The predicted octanol–water partition coefficient (Wildman–Crippen LogP) is 5.36. The predicted molar refractivity (Wildman–Crippen MR) is 154 cm³/mol. The Labute approximate surface area is 244 Å². The number of benzene rings is 1. The maximum atomic E-state index is 13.5. The number of hydrogen-bond donors (Lipinski definition) is 1. The molecule has 1 aliphatic carbocycles. The SMILES string of the molecule is Cc1nn(CC2=CCC(C(=O)N3CCN(C)CC3)C=C2)c(C)c1NC(=O)c1cc(C(F)(F)F)nc2ccc(Br)cc12. The molecule has 1 aromatic carbocycles. The average molecular weight is 631 g/mol. The lowest BCUT2D eigenvalue weighted by atomic mass is 9.95. The molecule has 216 valence electrons. The number of piperazine rings is 1. The van der Waals surface area contributed by atoms with Gasteiger partial charge in [-0.3, -0.25) is 14.3 Å². The van der Waals surface area contributed by atoms with Gasteiger partial charge in [0.1, 0.15) is 5.69 Å². The Morgan fingerprint density at radius 2 is 1.85 bits per heavy atom. The molecule has 1 fully saturated rings. The van der Waals surface area contributed by atoms with E-state index in [1.165, 1.54) is 6.07 Å². The molecule has 1 atom stereocenters. The third-order valence-electron chi connectivity index (χ3n) is 7.57. The van der Waals surface area contributed by atoms with Gasteiger partial charge in [-0.15, -0.1) is 0 Å². The molecular weight excluding hydrogens is 601 g/mol. The van der Waals surface area contributed by atoms with Crippen molar-refractivity contribution in [1.29, 1.82) is 0 Å². The number of nitrogens with one attached hydrogen (secondary N) is 1. The molecule has 1 N–H and O–H groups in total. The van der Waals surface area contributed by atoms with Gasteiger partial charge in [0.05, 0.1) is 40.6 Å². The molecule has 8 nitrogen and oxygen atoms in total. The lowest BCUT2D eigenvalue weighted by Gasteiger charge is -2.34. The van der Waals surface area contributed by atoms with Crippen molar-refractivity contribution >= 4 is 44.3 Å². The van der Waals surface area contributed by atoms with E-state index in [0.29, 0.717) is 39.9 Å². The number of anilines is 1. The van der Waals surface area contributed by atoms with Gasteiger partial charge < -0.3 is 15.1 Å². The quantitative estimate of drug-likeness (QED) is 0.410. The van der Waals surface area contributed by atoms with Crippen molar-refractivity contribution in [2.24, 2.45) is 5.92 Å². The van der Waals surface area contributed by atoms with Gasteiger partial charge in [0.25, 0.3) is 5.91 Å². The van der Waals surface area contributed by atoms with Crippen molar-refractivity contribution < 1.29 is 22.8 Å². The third kappa shape index (κ3) is 6.23. The highest BCUT2D eigenvalue weighted by molar-refractivity contribution is 9.10. The Hall–Kier alpha value is -3.51. The van der Waals surface area contributed by atoms with Crippen LogP contribution in [0.25, 0.3) is 10.9 Å². The lowest BCUT2D eigenvalue weighted by Crippen LogP contribution is -2.48. The van der Waals surface area contributed by atoms with Crippen LogP contribution in [0.3, 0.4) is 0 Å². The van der Waals surface area contributed by atoms with Crippen LogP contribution in [-0.2, 0) is 17.5 Å². The van der Waals surface area contributed by atoms with Gasteiger partial charge in [-0.25, -0.2) is 4.98 Å². The number of likely N-dealkylation sites (N-methyl/N-ethyl adjacent to an activating group) is 1. The second-order valence-corrected chi connectivity index (χ2v) is 11.4. The third-order valence-corrected chi connectivity index (χ3v) is 8.06. The summed E-state index contributed by atoms with van der Waals surface area (Å²) in [4.78, 5) is 34.1. The normalized spacial score (nSPS) is 18.1. The Balaban J connectivity index is 1.32. The number of halogens is 4. The molecule has 1 saturated heterocycles. The van der Waals surface area contributed by atoms with Crippen LogP contribution in [0.15, 0.2) is 52.5 Å². The molecular formula is C29H30BrF3N6O2. The van der Waals surface area contributed by atoms with Crippen LogP contribution >= 0.6 is 15.9 Å². The second-order valence-electron chi connectivity index (χ2n) is 10.5. The van der Waals surface area contributed by atoms with Crippen LogP contribution in [0.5, 0.6) is 0 Å². The number of pyridine rings is 1. The number of carbonyl (C=O) groups excluding carboxylic acids is 2. The van der Waals surface area contributed by atoms with E-state index in [4.69, 9.17) is 0 Å². The van der Waals surface area contributed by atoms with Gasteiger partial charge >= 0.3 is 6.18 Å². The molecule has 2 amide bonds. The van der Waals surface area contributed by atoms with E-state index in [0.717, 1.165) is 37.8 Å². The Morgan fingerprint density at radius 1 is 1.12 bits per heavy atom. The molecule has 0 radical (unpaired) electrons. The summed E-state index contributed by atoms with van der Waals surface area (Å²) in [5.74, 6) is -0.729. The van der Waals surface area contributed by atoms with Crippen LogP contribution in [0.2, 0.25) is 0 Å². The van der Waals surface area contributed by atoms with E-state index in [1.54, 1.807) is 30.7 Å². The summed E-state index contributed by atoms with van der Waals surface area (Å²) in [7, 11) is 2.05.